The van der Waals surface area contributed by atoms with Gasteiger partial charge in [0, 0.05) is 18.7 Å². The second-order valence-corrected chi connectivity index (χ2v) is 5.35. The number of rotatable bonds is 3. The van der Waals surface area contributed by atoms with Gasteiger partial charge in [0.15, 0.2) is 0 Å². The molecule has 2 nitrogen and oxygen atoms in total. The Morgan fingerprint density at radius 1 is 1.06 bits per heavy atom. The molecule has 1 aromatic carbocycles. The van der Waals surface area contributed by atoms with Gasteiger partial charge in [0.05, 0.1) is 0 Å². The molecule has 0 aliphatic heterocycles. The molecule has 2 heteroatoms. The number of nitrogens with zero attached hydrogens (tertiary/aromatic N) is 1. The fraction of sp³-hybridized carbons (Fsp3) is 0.533. The molecule has 1 aromatic rings. The predicted octanol–water partition coefficient (Wildman–Crippen LogP) is 3.65. The van der Waals surface area contributed by atoms with Crippen molar-refractivity contribution < 1.29 is 0 Å². The van der Waals surface area contributed by atoms with Crippen LogP contribution in [0.2, 0.25) is 0 Å². The van der Waals surface area contributed by atoms with E-state index in [2.05, 4.69) is 63.8 Å². The van der Waals surface area contributed by atoms with Crippen molar-refractivity contribution in [3.8, 4) is 0 Å². The average Bonchev–Trinajstić information content (AvgIpc) is 2.29. The van der Waals surface area contributed by atoms with Crippen LogP contribution in [0.3, 0.4) is 0 Å². The molecular weight excluding hydrogens is 208 g/mol. The summed E-state index contributed by atoms with van der Waals surface area (Å²) in [4.78, 5) is 2.06. The van der Waals surface area contributed by atoms with Gasteiger partial charge in [-0.25, -0.2) is 0 Å². The molecule has 0 spiro atoms. The van der Waals surface area contributed by atoms with Crippen molar-refractivity contribution in [2.75, 3.05) is 13.1 Å². The van der Waals surface area contributed by atoms with E-state index in [1.807, 2.05) is 0 Å². The topological polar surface area (TPSA) is 27.1 Å². The number of benzene rings is 1. The summed E-state index contributed by atoms with van der Waals surface area (Å²) in [5.74, 6) is 0.621. The highest BCUT2D eigenvalue weighted by Gasteiger charge is 2.14. The van der Waals surface area contributed by atoms with Gasteiger partial charge < -0.3 is 4.90 Å². The number of hydrogen-bond donors (Lipinski definition) is 1. The van der Waals surface area contributed by atoms with Crippen molar-refractivity contribution in [2.45, 2.75) is 40.0 Å². The first-order chi connectivity index (χ1) is 7.90. The number of hydrogen-bond acceptors (Lipinski definition) is 1. The maximum absolute atomic E-state index is 8.14. The summed E-state index contributed by atoms with van der Waals surface area (Å²) in [5.41, 5.74) is 2.49. The fourth-order valence-corrected chi connectivity index (χ4v) is 1.85. The van der Waals surface area contributed by atoms with Crippen molar-refractivity contribution in [3.05, 3.63) is 35.4 Å². The summed E-state index contributed by atoms with van der Waals surface area (Å²) in [6.45, 7) is 12.6. The molecular formula is C15H24N2. The first-order valence-corrected chi connectivity index (χ1v) is 6.34. The van der Waals surface area contributed by atoms with E-state index in [1.54, 1.807) is 0 Å². The zero-order valence-electron chi connectivity index (χ0n) is 11.7. The van der Waals surface area contributed by atoms with E-state index < -0.39 is 0 Å². The minimum absolute atomic E-state index is 0.177. The highest BCUT2D eigenvalue weighted by Crippen LogP contribution is 2.22. The lowest BCUT2D eigenvalue weighted by molar-refractivity contribution is 0.463. The lowest BCUT2D eigenvalue weighted by Crippen LogP contribution is -2.30. The minimum atomic E-state index is 0.177. The number of amidine groups is 1. The largest absolute Gasteiger partial charge is 0.357 e. The van der Waals surface area contributed by atoms with Gasteiger partial charge in [-0.3, -0.25) is 5.41 Å². The van der Waals surface area contributed by atoms with Crippen molar-refractivity contribution in [1.29, 1.82) is 5.41 Å². The number of nitrogens with one attached hydrogen (secondary N) is 1. The summed E-state index contributed by atoms with van der Waals surface area (Å²) in [6, 6.07) is 8.38. The molecule has 0 amide bonds. The second kappa shape index (κ2) is 5.35. The van der Waals surface area contributed by atoms with E-state index in [0.717, 1.165) is 18.7 Å². The highest BCUT2D eigenvalue weighted by atomic mass is 15.1. The highest BCUT2D eigenvalue weighted by molar-refractivity contribution is 5.96. The quantitative estimate of drug-likeness (QED) is 0.625. The fourth-order valence-electron chi connectivity index (χ4n) is 1.85. The Hall–Kier alpha value is -1.31. The lowest BCUT2D eigenvalue weighted by Gasteiger charge is -2.23. The molecule has 0 saturated carbocycles. The van der Waals surface area contributed by atoms with Crippen molar-refractivity contribution in [1.82, 2.24) is 4.90 Å². The molecule has 0 aromatic heterocycles. The Bertz CT molecular complexity index is 367. The van der Waals surface area contributed by atoms with Gasteiger partial charge in [-0.2, -0.15) is 0 Å². The molecule has 0 bridgehead atoms. The van der Waals surface area contributed by atoms with Crippen LogP contribution in [0, 0.1) is 5.41 Å². The molecule has 17 heavy (non-hydrogen) atoms. The lowest BCUT2D eigenvalue weighted by atomic mass is 9.86. The Morgan fingerprint density at radius 2 is 1.53 bits per heavy atom. The summed E-state index contributed by atoms with van der Waals surface area (Å²) >= 11 is 0. The standard InChI is InChI=1S/C15H24N2/c1-6-17(7-2)14(16)12-8-10-13(11-9-12)15(3,4)5/h8-11,16H,6-7H2,1-5H3. The van der Waals surface area contributed by atoms with Crippen LogP contribution in [0.4, 0.5) is 0 Å². The van der Waals surface area contributed by atoms with Gasteiger partial charge in [-0.15, -0.1) is 0 Å². The molecule has 0 aliphatic rings. The average molecular weight is 232 g/mol. The molecule has 0 saturated heterocycles. The van der Waals surface area contributed by atoms with Crippen LogP contribution >= 0.6 is 0 Å². The molecule has 0 fully saturated rings. The van der Waals surface area contributed by atoms with E-state index in [0.29, 0.717) is 5.84 Å². The third-order valence-electron chi connectivity index (χ3n) is 3.10. The van der Waals surface area contributed by atoms with E-state index in [-0.39, 0.29) is 5.41 Å². The monoisotopic (exact) mass is 232 g/mol. The van der Waals surface area contributed by atoms with Crippen LogP contribution in [0.1, 0.15) is 45.7 Å². The van der Waals surface area contributed by atoms with Crippen LogP contribution in [-0.2, 0) is 5.41 Å². The first kappa shape index (κ1) is 13.8. The van der Waals surface area contributed by atoms with E-state index in [9.17, 15) is 0 Å². The Balaban J connectivity index is 2.91. The Labute approximate surface area is 105 Å². The van der Waals surface area contributed by atoms with Gasteiger partial charge in [0.25, 0.3) is 0 Å². The summed E-state index contributed by atoms with van der Waals surface area (Å²) < 4.78 is 0. The predicted molar refractivity (Wildman–Crippen MR) is 74.9 cm³/mol. The molecule has 0 heterocycles. The van der Waals surface area contributed by atoms with Gasteiger partial charge in [-0.05, 0) is 24.8 Å². The van der Waals surface area contributed by atoms with Crippen LogP contribution < -0.4 is 0 Å². The molecule has 1 rings (SSSR count). The van der Waals surface area contributed by atoms with Crippen LogP contribution in [0.25, 0.3) is 0 Å². The maximum Gasteiger partial charge on any atom is 0.128 e. The van der Waals surface area contributed by atoms with E-state index >= 15 is 0 Å². The van der Waals surface area contributed by atoms with Gasteiger partial charge >= 0.3 is 0 Å². The first-order valence-electron chi connectivity index (χ1n) is 6.34. The maximum atomic E-state index is 8.14. The summed E-state index contributed by atoms with van der Waals surface area (Å²) in [5, 5.41) is 8.14. The van der Waals surface area contributed by atoms with E-state index in [1.165, 1.54) is 5.56 Å². The molecule has 1 N–H and O–H groups in total. The van der Waals surface area contributed by atoms with Crippen molar-refractivity contribution in [3.63, 3.8) is 0 Å². The third-order valence-corrected chi connectivity index (χ3v) is 3.10. The second-order valence-electron chi connectivity index (χ2n) is 5.35. The molecule has 94 valence electrons. The van der Waals surface area contributed by atoms with Crippen LogP contribution in [0.5, 0.6) is 0 Å². The molecule has 0 atom stereocenters. The zero-order valence-corrected chi connectivity index (χ0v) is 11.7. The minimum Gasteiger partial charge on any atom is -0.357 e. The Morgan fingerprint density at radius 3 is 1.88 bits per heavy atom. The van der Waals surface area contributed by atoms with Crippen LogP contribution in [-0.4, -0.2) is 23.8 Å². The van der Waals surface area contributed by atoms with Crippen LogP contribution in [0.15, 0.2) is 24.3 Å². The van der Waals surface area contributed by atoms with Gasteiger partial charge in [-0.1, -0.05) is 45.0 Å². The smallest absolute Gasteiger partial charge is 0.128 e. The molecule has 0 aliphatic carbocycles. The van der Waals surface area contributed by atoms with E-state index in [4.69, 9.17) is 5.41 Å². The Kier molecular flexibility index (Phi) is 4.33. The normalized spacial score (nSPS) is 11.4. The third kappa shape index (κ3) is 3.32. The summed E-state index contributed by atoms with van der Waals surface area (Å²) in [6.07, 6.45) is 0. The zero-order chi connectivity index (χ0) is 13.1. The van der Waals surface area contributed by atoms with Crippen molar-refractivity contribution in [2.24, 2.45) is 0 Å². The van der Waals surface area contributed by atoms with Gasteiger partial charge in [0.1, 0.15) is 5.84 Å². The summed E-state index contributed by atoms with van der Waals surface area (Å²) in [7, 11) is 0. The SMILES string of the molecule is CCN(CC)C(=N)c1ccc(C(C)(C)C)cc1. The molecule has 0 unspecified atom stereocenters. The van der Waals surface area contributed by atoms with Gasteiger partial charge in [0.2, 0.25) is 0 Å². The van der Waals surface area contributed by atoms with Crippen molar-refractivity contribution >= 4 is 5.84 Å². The molecule has 0 radical (unpaired) electrons.